The van der Waals surface area contributed by atoms with Crippen LogP contribution < -0.4 is 5.46 Å². The van der Waals surface area contributed by atoms with E-state index < -0.39 is 30.0 Å². The first-order valence-electron chi connectivity index (χ1n) is 6.06. The van der Waals surface area contributed by atoms with E-state index in [2.05, 4.69) is 0 Å². The van der Waals surface area contributed by atoms with Gasteiger partial charge in [0.25, 0.3) is 0 Å². The van der Waals surface area contributed by atoms with Gasteiger partial charge < -0.3 is 9.31 Å². The van der Waals surface area contributed by atoms with Crippen molar-refractivity contribution in [3.8, 4) is 0 Å². The molecule has 0 aromatic heterocycles. The molecule has 0 unspecified atom stereocenters. The summed E-state index contributed by atoms with van der Waals surface area (Å²) in [5.74, 6) is -1.27. The molecule has 0 aliphatic carbocycles. The van der Waals surface area contributed by atoms with E-state index >= 15 is 0 Å². The average molecular weight is 289 g/mol. The molecule has 0 radical (unpaired) electrons. The Bertz CT molecular complexity index is 516. The Balaban J connectivity index is 2.46. The molecule has 1 aromatic rings. The quantitative estimate of drug-likeness (QED) is 0.583. The molecule has 0 saturated carbocycles. The van der Waals surface area contributed by atoms with Gasteiger partial charge in [0, 0.05) is 11.0 Å². The van der Waals surface area contributed by atoms with E-state index in [1.807, 2.05) is 27.7 Å². The zero-order valence-corrected chi connectivity index (χ0v) is 12.4. The SMILES string of the molecule is Cc1c(F)c(B2OC(C)(C)C(C)(C)O2)cc(F)c1Cl. The summed E-state index contributed by atoms with van der Waals surface area (Å²) >= 11 is 5.68. The lowest BCUT2D eigenvalue weighted by atomic mass is 9.78. The normalized spacial score (nSPS) is 20.9. The highest BCUT2D eigenvalue weighted by Crippen LogP contribution is 2.37. The first-order chi connectivity index (χ1) is 8.57. The monoisotopic (exact) mass is 288 g/mol. The van der Waals surface area contributed by atoms with Crippen LogP contribution in [0.1, 0.15) is 33.3 Å². The maximum absolute atomic E-state index is 14.2. The molecule has 1 aromatic carbocycles. The summed E-state index contributed by atoms with van der Waals surface area (Å²) in [7, 11) is -0.935. The molecule has 0 bridgehead atoms. The van der Waals surface area contributed by atoms with Crippen LogP contribution in [-0.4, -0.2) is 18.3 Å². The summed E-state index contributed by atoms with van der Waals surface area (Å²) in [4.78, 5) is 0. The Morgan fingerprint density at radius 1 is 1.11 bits per heavy atom. The molecule has 0 N–H and O–H groups in total. The predicted molar refractivity (Wildman–Crippen MR) is 71.8 cm³/mol. The molecule has 1 heterocycles. The van der Waals surface area contributed by atoms with Crippen LogP contribution in [0.25, 0.3) is 0 Å². The maximum atomic E-state index is 14.2. The minimum absolute atomic E-state index is 0.0399. The van der Waals surface area contributed by atoms with Gasteiger partial charge in [0.2, 0.25) is 0 Å². The summed E-state index contributed by atoms with van der Waals surface area (Å²) in [6.45, 7) is 8.83. The molecule has 1 aliphatic heterocycles. The van der Waals surface area contributed by atoms with Crippen LogP contribution in [0.15, 0.2) is 6.07 Å². The van der Waals surface area contributed by atoms with Crippen molar-refractivity contribution in [1.29, 1.82) is 0 Å². The molecule has 2 rings (SSSR count). The van der Waals surface area contributed by atoms with Crippen molar-refractivity contribution in [3.63, 3.8) is 0 Å². The highest BCUT2D eigenvalue weighted by molar-refractivity contribution is 6.62. The molecule has 1 saturated heterocycles. The fourth-order valence-electron chi connectivity index (χ4n) is 1.90. The van der Waals surface area contributed by atoms with Gasteiger partial charge in [-0.1, -0.05) is 11.6 Å². The van der Waals surface area contributed by atoms with E-state index in [-0.39, 0.29) is 16.0 Å². The van der Waals surface area contributed by atoms with Crippen LogP contribution in [0.4, 0.5) is 8.78 Å². The van der Waals surface area contributed by atoms with E-state index in [9.17, 15) is 8.78 Å². The van der Waals surface area contributed by atoms with Gasteiger partial charge in [-0.25, -0.2) is 8.78 Å². The Hall–Kier alpha value is -0.645. The van der Waals surface area contributed by atoms with Gasteiger partial charge >= 0.3 is 7.12 Å². The van der Waals surface area contributed by atoms with E-state index in [0.29, 0.717) is 0 Å². The third-order valence-corrected chi connectivity index (χ3v) is 4.38. The molecule has 0 atom stereocenters. The number of benzene rings is 1. The first kappa shape index (κ1) is 14.8. The zero-order valence-electron chi connectivity index (χ0n) is 11.6. The van der Waals surface area contributed by atoms with Crippen LogP contribution >= 0.6 is 11.6 Å². The van der Waals surface area contributed by atoms with Crippen molar-refractivity contribution in [2.75, 3.05) is 0 Å². The maximum Gasteiger partial charge on any atom is 0.497 e. The summed E-state index contributed by atoms with van der Waals surface area (Å²) < 4.78 is 39.3. The molecule has 104 valence electrons. The second-order valence-electron chi connectivity index (χ2n) is 5.79. The van der Waals surface area contributed by atoms with Gasteiger partial charge in [-0.05, 0) is 40.7 Å². The van der Waals surface area contributed by atoms with E-state index in [1.165, 1.54) is 6.92 Å². The Morgan fingerprint density at radius 2 is 1.58 bits per heavy atom. The van der Waals surface area contributed by atoms with Gasteiger partial charge in [-0.3, -0.25) is 0 Å². The lowest BCUT2D eigenvalue weighted by molar-refractivity contribution is 0.00578. The molecule has 1 aliphatic rings. The van der Waals surface area contributed by atoms with Gasteiger partial charge in [0.1, 0.15) is 11.6 Å². The molecule has 2 nitrogen and oxygen atoms in total. The average Bonchev–Trinajstić information content (AvgIpc) is 2.50. The number of hydrogen-bond donors (Lipinski definition) is 0. The highest BCUT2D eigenvalue weighted by atomic mass is 35.5. The van der Waals surface area contributed by atoms with Crippen LogP contribution in [0.3, 0.4) is 0 Å². The minimum atomic E-state index is -0.935. The number of halogens is 3. The van der Waals surface area contributed by atoms with Crippen molar-refractivity contribution in [2.45, 2.75) is 45.8 Å². The number of hydrogen-bond acceptors (Lipinski definition) is 2. The van der Waals surface area contributed by atoms with Gasteiger partial charge in [0.15, 0.2) is 0 Å². The van der Waals surface area contributed by atoms with Gasteiger partial charge in [0.05, 0.1) is 16.2 Å². The Morgan fingerprint density at radius 3 is 2.05 bits per heavy atom. The third-order valence-electron chi connectivity index (χ3n) is 3.91. The third kappa shape index (κ3) is 2.28. The van der Waals surface area contributed by atoms with Gasteiger partial charge in [-0.15, -0.1) is 0 Å². The summed E-state index contributed by atoms with van der Waals surface area (Å²) in [5.41, 5.74) is -1.10. The van der Waals surface area contributed by atoms with Crippen molar-refractivity contribution < 1.29 is 18.1 Å². The molecule has 6 heteroatoms. The standard InChI is InChI=1S/C13H16BClF2O2/c1-7-10(15)9(16)6-8(11(7)17)14-18-12(2,3)13(4,5)19-14/h6H,1-5H3. The highest BCUT2D eigenvalue weighted by Gasteiger charge is 2.52. The second-order valence-corrected chi connectivity index (χ2v) is 6.17. The lowest BCUT2D eigenvalue weighted by Crippen LogP contribution is -2.41. The summed E-state index contributed by atoms with van der Waals surface area (Å²) in [5, 5.41) is -0.210. The van der Waals surface area contributed by atoms with Gasteiger partial charge in [-0.2, -0.15) is 0 Å². The summed E-state index contributed by atoms with van der Waals surface area (Å²) in [6, 6.07) is 1.03. The molecule has 0 spiro atoms. The molecular formula is C13H16BClF2O2. The Labute approximate surface area is 117 Å². The van der Waals surface area contributed by atoms with Crippen molar-refractivity contribution in [1.82, 2.24) is 0 Å². The zero-order chi connectivity index (χ0) is 14.6. The first-order valence-corrected chi connectivity index (χ1v) is 6.44. The Kier molecular flexibility index (Phi) is 3.44. The molecule has 0 amide bonds. The van der Waals surface area contributed by atoms with Crippen molar-refractivity contribution in [2.24, 2.45) is 0 Å². The van der Waals surface area contributed by atoms with E-state index in [0.717, 1.165) is 6.07 Å². The van der Waals surface area contributed by atoms with E-state index in [4.69, 9.17) is 20.9 Å². The van der Waals surface area contributed by atoms with Crippen LogP contribution in [0.5, 0.6) is 0 Å². The molecule has 1 fully saturated rings. The van der Waals surface area contributed by atoms with Crippen LogP contribution in [0, 0.1) is 18.6 Å². The minimum Gasteiger partial charge on any atom is -0.399 e. The summed E-state index contributed by atoms with van der Waals surface area (Å²) in [6.07, 6.45) is 0. The fraction of sp³-hybridized carbons (Fsp3) is 0.538. The topological polar surface area (TPSA) is 18.5 Å². The largest absolute Gasteiger partial charge is 0.497 e. The lowest BCUT2D eigenvalue weighted by Gasteiger charge is -2.32. The van der Waals surface area contributed by atoms with Crippen molar-refractivity contribution >= 4 is 24.2 Å². The predicted octanol–water partition coefficient (Wildman–Crippen LogP) is 3.23. The smallest absolute Gasteiger partial charge is 0.399 e. The molecular weight excluding hydrogens is 272 g/mol. The van der Waals surface area contributed by atoms with E-state index in [1.54, 1.807) is 0 Å². The fourth-order valence-corrected chi connectivity index (χ4v) is 2.03. The molecule has 19 heavy (non-hydrogen) atoms. The van der Waals surface area contributed by atoms with Crippen molar-refractivity contribution in [3.05, 3.63) is 28.3 Å². The second kappa shape index (κ2) is 4.43. The van der Waals surface area contributed by atoms with Crippen LogP contribution in [-0.2, 0) is 9.31 Å². The van der Waals surface area contributed by atoms with Crippen LogP contribution in [0.2, 0.25) is 5.02 Å². The number of rotatable bonds is 1.